The fraction of sp³-hybridized carbons (Fsp3) is 0.710. The summed E-state index contributed by atoms with van der Waals surface area (Å²) in [6, 6.07) is 0. The highest BCUT2D eigenvalue weighted by atomic mass is 32.2. The Morgan fingerprint density at radius 1 is 1.03 bits per heavy atom. The first-order valence-corrected chi connectivity index (χ1v) is 23.8. The number of aliphatic carboxylic acids is 1. The summed E-state index contributed by atoms with van der Waals surface area (Å²) in [5, 5.41) is 36.8. The van der Waals surface area contributed by atoms with Gasteiger partial charge in [0.2, 0.25) is 11.8 Å². The number of amides is 2. The van der Waals surface area contributed by atoms with Crippen molar-refractivity contribution in [1.82, 2.24) is 30.2 Å². The van der Waals surface area contributed by atoms with Gasteiger partial charge in [0.15, 0.2) is 22.8 Å². The Kier molecular flexibility index (Phi) is 19.4. The molecule has 4 unspecified atom stereocenters. The maximum atomic E-state index is 12.6. The van der Waals surface area contributed by atoms with Crippen molar-refractivity contribution in [3.8, 4) is 0 Å². The molecule has 3 rings (SSSR count). The number of nitrogens with one attached hydrogen (secondary N) is 2. The topological polar surface area (TPSA) is 415 Å². The Hall–Kier alpha value is -2.97. The number of aliphatic hydroxyl groups excluding tert-OH is 2. The van der Waals surface area contributed by atoms with Crippen molar-refractivity contribution in [2.75, 3.05) is 37.8 Å². The quantitative estimate of drug-likeness (QED) is 0.0456. The fourth-order valence-corrected chi connectivity index (χ4v) is 9.22. The van der Waals surface area contributed by atoms with Crippen LogP contribution in [-0.2, 0) is 55.5 Å². The zero-order chi connectivity index (χ0) is 45.9. The maximum Gasteiger partial charge on any atom is 0.274 e. The predicted molar refractivity (Wildman–Crippen MR) is 200 cm³/mol. The van der Waals surface area contributed by atoms with E-state index in [9.17, 15) is 67.8 Å². The number of carbonyl (C=O) groups is 4. The van der Waals surface area contributed by atoms with Crippen LogP contribution in [0.4, 0.5) is 5.82 Å². The van der Waals surface area contributed by atoms with Gasteiger partial charge < -0.3 is 78.9 Å². The van der Waals surface area contributed by atoms with Crippen LogP contribution in [0.5, 0.6) is 0 Å². The molecule has 0 spiro atoms. The van der Waals surface area contributed by atoms with Gasteiger partial charge in [0.05, 0.1) is 27.4 Å². The fourth-order valence-electron chi connectivity index (χ4n) is 5.68. The number of imidazole rings is 1. The SMILES string of the molecule is CC(CCCC(C)C(=O)SCCNC(=O)CCNC(=O)[C@H](O)C(C)(C)COP(=O)([O-])OP(=O)([O-])OC[C@H]1O[C@@H](n2cnc3c(N)ncnc32)[C@@H](O)[C@@H]1OP(=O)([O-])[O-])CC(=O)[O-]. The van der Waals surface area contributed by atoms with E-state index in [-0.39, 0.29) is 65.6 Å². The van der Waals surface area contributed by atoms with Crippen molar-refractivity contribution in [1.29, 1.82) is 0 Å². The standard InChI is InChI=1S/C31H52N7O19P3S/c1-17(12-21(40)41)6-5-7-18(2)30(45)61-11-10-33-20(39)8-9-34-28(44)25(43)31(3,4)14-54-60(51,52)57-59(49,50)53-13-19-24(56-58(46,47)48)23(42)29(55-19)38-16-37-22-26(32)35-15-36-27(22)38/h15-19,23-25,29,42-43H,5-14H2,1-4H3,(H,33,39)(H,34,44)(H,40,41)(H,49,50)(H,51,52)(H2,32,35,36)(H2,46,47,48)/p-5/t17?,18?,19-,23+,24-,25+,29-/m1/s1. The lowest BCUT2D eigenvalue weighted by molar-refractivity contribution is -0.347. The van der Waals surface area contributed by atoms with E-state index < -0.39 is 90.5 Å². The second kappa shape index (κ2) is 22.6. The van der Waals surface area contributed by atoms with Crippen LogP contribution < -0.4 is 41.0 Å². The molecule has 0 aromatic carbocycles. The molecule has 1 aliphatic heterocycles. The number of hydrogen-bond donors (Lipinski definition) is 5. The van der Waals surface area contributed by atoms with Gasteiger partial charge in [0.25, 0.3) is 15.6 Å². The van der Waals surface area contributed by atoms with Gasteiger partial charge in [0.1, 0.15) is 36.3 Å². The van der Waals surface area contributed by atoms with Gasteiger partial charge in [-0.3, -0.25) is 28.1 Å². The summed E-state index contributed by atoms with van der Waals surface area (Å²) in [7, 11) is -17.6. The van der Waals surface area contributed by atoms with E-state index in [4.69, 9.17) is 10.5 Å². The molecule has 346 valence electrons. The molecule has 0 radical (unpaired) electrons. The summed E-state index contributed by atoms with van der Waals surface area (Å²) in [6.07, 6.45) is -5.86. The molecule has 30 heteroatoms. The molecule has 2 amide bonds. The van der Waals surface area contributed by atoms with Crippen LogP contribution in [0, 0.1) is 17.3 Å². The number of ether oxygens (including phenoxy) is 1. The summed E-state index contributed by atoms with van der Waals surface area (Å²) in [5.74, 6) is -2.78. The summed E-state index contributed by atoms with van der Waals surface area (Å²) in [4.78, 5) is 107. The molecule has 1 saturated heterocycles. The average molecular weight is 947 g/mol. The van der Waals surface area contributed by atoms with E-state index in [1.54, 1.807) is 13.8 Å². The minimum Gasteiger partial charge on any atom is -0.790 e. The first-order chi connectivity index (χ1) is 28.2. The highest BCUT2D eigenvalue weighted by Gasteiger charge is 2.47. The van der Waals surface area contributed by atoms with Gasteiger partial charge in [-0.2, -0.15) is 0 Å². The summed E-state index contributed by atoms with van der Waals surface area (Å²) < 4.78 is 60.6. The third-order valence-corrected chi connectivity index (χ3v) is 13.1. The van der Waals surface area contributed by atoms with Crippen molar-refractivity contribution in [2.45, 2.75) is 90.4 Å². The number of carboxylic acids is 1. The molecule has 6 N–H and O–H groups in total. The number of aromatic nitrogens is 4. The zero-order valence-corrected chi connectivity index (χ0v) is 36.7. The first kappa shape index (κ1) is 52.4. The third kappa shape index (κ3) is 16.9. The van der Waals surface area contributed by atoms with Crippen LogP contribution >= 0.6 is 35.2 Å². The number of hydrogen-bond acceptors (Lipinski definition) is 24. The van der Waals surface area contributed by atoms with Gasteiger partial charge >= 0.3 is 0 Å². The molecular weight excluding hydrogens is 899 g/mol. The zero-order valence-electron chi connectivity index (χ0n) is 33.2. The number of fused-ring (bicyclic) bond motifs is 1. The molecule has 2 aromatic rings. The normalized spacial score (nSPS) is 21.9. The second-order valence-electron chi connectivity index (χ2n) is 14.7. The van der Waals surface area contributed by atoms with Crippen LogP contribution in [0.25, 0.3) is 11.2 Å². The number of anilines is 1. The molecule has 3 heterocycles. The Morgan fingerprint density at radius 2 is 1.70 bits per heavy atom. The molecule has 1 aliphatic rings. The highest BCUT2D eigenvalue weighted by molar-refractivity contribution is 8.13. The van der Waals surface area contributed by atoms with E-state index >= 15 is 0 Å². The molecule has 0 aliphatic carbocycles. The van der Waals surface area contributed by atoms with E-state index in [1.165, 1.54) is 13.8 Å². The third-order valence-electron chi connectivity index (χ3n) is 8.97. The van der Waals surface area contributed by atoms with Crippen LogP contribution in [0.2, 0.25) is 0 Å². The van der Waals surface area contributed by atoms with E-state index in [0.29, 0.717) is 19.3 Å². The van der Waals surface area contributed by atoms with E-state index in [1.807, 2.05) is 0 Å². The van der Waals surface area contributed by atoms with E-state index in [2.05, 4.69) is 43.5 Å². The maximum absolute atomic E-state index is 12.6. The average Bonchev–Trinajstić information content (AvgIpc) is 3.70. The Bertz CT molecular complexity index is 1990. The smallest absolute Gasteiger partial charge is 0.274 e. The molecule has 1 fully saturated rings. The van der Waals surface area contributed by atoms with Crippen molar-refractivity contribution < 1.29 is 90.4 Å². The van der Waals surface area contributed by atoms with Crippen molar-refractivity contribution in [3.05, 3.63) is 12.7 Å². The number of nitrogen functional groups attached to an aromatic ring is 1. The van der Waals surface area contributed by atoms with Crippen LogP contribution in [-0.4, -0.2) is 109 Å². The number of carboxylic acid groups (broad SMARTS) is 1. The van der Waals surface area contributed by atoms with Gasteiger partial charge in [-0.05, 0) is 18.8 Å². The Balaban J connectivity index is 1.42. The molecular formula is C31H47N7O19P3S-5. The number of phosphoric acid groups is 3. The molecule has 0 bridgehead atoms. The molecule has 61 heavy (non-hydrogen) atoms. The number of aliphatic hydroxyl groups is 2. The lowest BCUT2D eigenvalue weighted by Gasteiger charge is -2.36. The molecule has 0 saturated carbocycles. The number of nitrogens with two attached hydrogens (primary N) is 1. The molecule has 9 atom stereocenters. The monoisotopic (exact) mass is 946 g/mol. The number of rotatable bonds is 26. The molecule has 2 aromatic heterocycles. The second-order valence-corrected chi connectivity index (χ2v) is 19.8. The van der Waals surface area contributed by atoms with Crippen molar-refractivity contribution in [2.24, 2.45) is 17.3 Å². The Morgan fingerprint density at radius 3 is 2.36 bits per heavy atom. The van der Waals surface area contributed by atoms with Crippen molar-refractivity contribution >= 4 is 75.1 Å². The Labute approximate surface area is 353 Å². The highest BCUT2D eigenvalue weighted by Crippen LogP contribution is 2.56. The number of nitrogens with zero attached hydrogens (tertiary/aromatic N) is 4. The summed E-state index contributed by atoms with van der Waals surface area (Å²) in [6.45, 7) is 3.51. The van der Waals surface area contributed by atoms with Crippen LogP contribution in [0.3, 0.4) is 0 Å². The minimum atomic E-state index is -5.93. The van der Waals surface area contributed by atoms with Gasteiger partial charge in [0, 0.05) is 42.6 Å². The summed E-state index contributed by atoms with van der Waals surface area (Å²) in [5.41, 5.74) is 4.03. The summed E-state index contributed by atoms with van der Waals surface area (Å²) >= 11 is 1.03. The largest absolute Gasteiger partial charge is 0.790 e. The van der Waals surface area contributed by atoms with E-state index in [0.717, 1.165) is 29.0 Å². The lowest BCUT2D eigenvalue weighted by Crippen LogP contribution is -2.46. The minimum absolute atomic E-state index is 0.0298. The van der Waals surface area contributed by atoms with Crippen LogP contribution in [0.1, 0.15) is 66.0 Å². The number of phosphoric ester groups is 3. The first-order valence-electron chi connectivity index (χ1n) is 18.4. The van der Waals surface area contributed by atoms with Crippen molar-refractivity contribution in [3.63, 3.8) is 0 Å². The number of carbonyl (C=O) groups excluding carboxylic acids is 4. The van der Waals surface area contributed by atoms with Crippen LogP contribution in [0.15, 0.2) is 12.7 Å². The number of thioether (sulfide) groups is 1. The lowest BCUT2D eigenvalue weighted by atomic mass is 9.87. The van der Waals surface area contributed by atoms with Gasteiger partial charge in [-0.15, -0.1) is 0 Å². The van der Waals surface area contributed by atoms with Gasteiger partial charge in [-0.25, -0.2) is 19.3 Å². The van der Waals surface area contributed by atoms with Gasteiger partial charge in [-0.1, -0.05) is 52.3 Å². The predicted octanol–water partition coefficient (Wildman–Crippen LogP) is -3.28. The molecule has 26 nitrogen and oxygen atoms in total.